The first kappa shape index (κ1) is 30.7. The van der Waals surface area contributed by atoms with E-state index in [2.05, 4.69) is 155 Å². The maximum atomic E-state index is 4.68. The highest BCUT2D eigenvalue weighted by Gasteiger charge is 2.38. The van der Waals surface area contributed by atoms with Crippen molar-refractivity contribution >= 4 is 34.6 Å². The molecule has 1 aliphatic rings. The van der Waals surface area contributed by atoms with Crippen molar-refractivity contribution in [3.05, 3.63) is 156 Å². The summed E-state index contributed by atoms with van der Waals surface area (Å²) in [6.07, 6.45) is 8.06. The number of aromatic nitrogens is 1. The Balaban J connectivity index is 1.54. The van der Waals surface area contributed by atoms with Crippen molar-refractivity contribution in [2.24, 2.45) is 4.99 Å². The third-order valence-corrected chi connectivity index (χ3v) is 9.21. The molecule has 0 amide bonds. The molecule has 3 nitrogen and oxygen atoms in total. The maximum absolute atomic E-state index is 4.68. The first-order valence-electron chi connectivity index (χ1n) is 15.8. The molecule has 0 bridgehead atoms. The second-order valence-corrected chi connectivity index (χ2v) is 12.6. The lowest BCUT2D eigenvalue weighted by atomic mass is 9.73. The van der Waals surface area contributed by atoms with Gasteiger partial charge in [0.15, 0.2) is 0 Å². The van der Waals surface area contributed by atoms with Crippen LogP contribution in [0.15, 0.2) is 144 Å². The molecular formula is C43H41N3. The molecule has 4 aromatic carbocycles. The van der Waals surface area contributed by atoms with Gasteiger partial charge >= 0.3 is 0 Å². The Labute approximate surface area is 273 Å². The maximum Gasteiger partial charge on any atom is 0.142 e. The fraction of sp³-hybridized carbons (Fsp3) is 0.163. The predicted molar refractivity (Wildman–Crippen MR) is 199 cm³/mol. The van der Waals surface area contributed by atoms with Crippen LogP contribution in [0.3, 0.4) is 0 Å². The van der Waals surface area contributed by atoms with Crippen molar-refractivity contribution in [2.45, 2.75) is 47.0 Å². The van der Waals surface area contributed by atoms with E-state index in [0.29, 0.717) is 0 Å². The van der Waals surface area contributed by atoms with E-state index in [1.165, 1.54) is 60.9 Å². The summed E-state index contributed by atoms with van der Waals surface area (Å²) in [5.74, 6) is 1.56. The average molecular weight is 600 g/mol. The quantitative estimate of drug-likeness (QED) is 0.137. The van der Waals surface area contributed by atoms with E-state index in [1.54, 1.807) is 0 Å². The molecule has 0 fully saturated rings. The van der Waals surface area contributed by atoms with E-state index in [1.807, 2.05) is 30.5 Å². The number of rotatable bonds is 7. The highest BCUT2D eigenvalue weighted by atomic mass is 15.3. The SMILES string of the molecule is C=CC1=C(N=C)N(c2ccccn2)c2ccc(-c3ccc(-c4ccc(C)c(C(/C=C\C)=C(C)C)c4)c4ccccc34)cc2C1(C)C. The smallest absolute Gasteiger partial charge is 0.142 e. The van der Waals surface area contributed by atoms with Crippen LogP contribution in [0.1, 0.15) is 51.3 Å². The zero-order valence-electron chi connectivity index (χ0n) is 27.7. The van der Waals surface area contributed by atoms with Gasteiger partial charge in [0.1, 0.15) is 11.6 Å². The molecule has 0 atom stereocenters. The lowest BCUT2D eigenvalue weighted by Gasteiger charge is -2.41. The molecule has 0 saturated carbocycles. The van der Waals surface area contributed by atoms with Gasteiger partial charge in [0, 0.05) is 17.2 Å². The number of anilines is 2. The van der Waals surface area contributed by atoms with E-state index >= 15 is 0 Å². The van der Waals surface area contributed by atoms with Gasteiger partial charge < -0.3 is 0 Å². The minimum absolute atomic E-state index is 0.349. The highest BCUT2D eigenvalue weighted by molar-refractivity contribution is 6.05. The molecule has 0 aliphatic carbocycles. The van der Waals surface area contributed by atoms with Gasteiger partial charge in [-0.05, 0) is 120 Å². The van der Waals surface area contributed by atoms with E-state index in [9.17, 15) is 0 Å². The topological polar surface area (TPSA) is 28.5 Å². The van der Waals surface area contributed by atoms with E-state index < -0.39 is 0 Å². The summed E-state index contributed by atoms with van der Waals surface area (Å²) in [5, 5.41) is 2.46. The van der Waals surface area contributed by atoms with Crippen LogP contribution in [0.25, 0.3) is 38.6 Å². The van der Waals surface area contributed by atoms with Crippen LogP contribution in [0.5, 0.6) is 0 Å². The molecule has 1 aliphatic heterocycles. The minimum Gasteiger partial charge on any atom is -0.278 e. The Morgan fingerprint density at radius 1 is 0.848 bits per heavy atom. The van der Waals surface area contributed by atoms with Gasteiger partial charge in [-0.1, -0.05) is 105 Å². The van der Waals surface area contributed by atoms with Crippen molar-refractivity contribution < 1.29 is 0 Å². The van der Waals surface area contributed by atoms with E-state index in [0.717, 1.165) is 22.9 Å². The second kappa shape index (κ2) is 12.3. The lowest BCUT2D eigenvalue weighted by Crippen LogP contribution is -2.33. The van der Waals surface area contributed by atoms with Gasteiger partial charge in [0.05, 0.1) is 5.69 Å². The number of hydrogen-bond acceptors (Lipinski definition) is 3. The van der Waals surface area contributed by atoms with Gasteiger partial charge in [-0.15, -0.1) is 0 Å². The van der Waals surface area contributed by atoms with Crippen molar-refractivity contribution in [3.8, 4) is 22.3 Å². The third-order valence-electron chi connectivity index (χ3n) is 9.21. The third kappa shape index (κ3) is 5.12. The lowest BCUT2D eigenvalue weighted by molar-refractivity contribution is 0.616. The molecule has 0 unspecified atom stereocenters. The Morgan fingerprint density at radius 2 is 1.50 bits per heavy atom. The summed E-state index contributed by atoms with van der Waals surface area (Å²) in [5.41, 5.74) is 12.8. The molecule has 1 aromatic heterocycles. The van der Waals surface area contributed by atoms with Crippen LogP contribution in [0.2, 0.25) is 0 Å². The largest absolute Gasteiger partial charge is 0.278 e. The van der Waals surface area contributed by atoms with E-state index in [-0.39, 0.29) is 5.41 Å². The number of aryl methyl sites for hydroxylation is 1. The molecule has 0 radical (unpaired) electrons. The summed E-state index contributed by atoms with van der Waals surface area (Å²) in [7, 11) is 0. The molecule has 0 spiro atoms. The average Bonchev–Trinajstić information content (AvgIpc) is 3.07. The van der Waals surface area contributed by atoms with Crippen LogP contribution in [0, 0.1) is 6.92 Å². The summed E-state index contributed by atoms with van der Waals surface area (Å²) in [4.78, 5) is 11.3. The highest BCUT2D eigenvalue weighted by Crippen LogP contribution is 2.50. The fourth-order valence-electron chi connectivity index (χ4n) is 6.85. The molecular weight excluding hydrogens is 558 g/mol. The van der Waals surface area contributed by atoms with Gasteiger partial charge in [0.25, 0.3) is 0 Å². The van der Waals surface area contributed by atoms with E-state index in [4.69, 9.17) is 0 Å². The molecule has 3 heteroatoms. The standard InChI is InChI=1S/C43H41N3/c1-9-15-32(28(3)4)37-26-30(20-19-29(37)5)33-22-23-34(36-17-12-11-16-35(33)36)31-21-24-40-39(27-31)43(6,7)38(10-2)42(44-8)46(40)41-18-13-14-25-45-41/h9-27H,2,8H2,1,3-7H3/b15-9-. The Kier molecular flexibility index (Phi) is 8.19. The normalized spacial score (nSPS) is 14.0. The van der Waals surface area contributed by atoms with Gasteiger partial charge in [-0.25, -0.2) is 9.98 Å². The summed E-state index contributed by atoms with van der Waals surface area (Å²) < 4.78 is 0. The Hall–Kier alpha value is -5.28. The first-order chi connectivity index (χ1) is 22.2. The molecule has 2 heterocycles. The number of aliphatic imine (C=N–C) groups is 1. The van der Waals surface area contributed by atoms with Crippen molar-refractivity contribution in [2.75, 3.05) is 4.90 Å². The Morgan fingerprint density at radius 3 is 2.09 bits per heavy atom. The number of fused-ring (bicyclic) bond motifs is 2. The fourth-order valence-corrected chi connectivity index (χ4v) is 6.85. The summed E-state index contributed by atoms with van der Waals surface area (Å²) >= 11 is 0. The van der Waals surface area contributed by atoms with Crippen LogP contribution in [-0.2, 0) is 5.41 Å². The van der Waals surface area contributed by atoms with Crippen molar-refractivity contribution in [1.82, 2.24) is 4.98 Å². The molecule has 5 aromatic rings. The zero-order chi connectivity index (χ0) is 32.6. The van der Waals surface area contributed by atoms with Crippen molar-refractivity contribution in [3.63, 3.8) is 0 Å². The predicted octanol–water partition coefficient (Wildman–Crippen LogP) is 11.8. The number of nitrogens with zero attached hydrogens (tertiary/aromatic N) is 3. The zero-order valence-corrected chi connectivity index (χ0v) is 27.7. The molecule has 0 saturated heterocycles. The monoisotopic (exact) mass is 599 g/mol. The Bertz CT molecular complexity index is 2090. The van der Waals surface area contributed by atoms with Crippen molar-refractivity contribution in [1.29, 1.82) is 0 Å². The molecule has 46 heavy (non-hydrogen) atoms. The number of benzene rings is 4. The minimum atomic E-state index is -0.349. The van der Waals surface area contributed by atoms with Crippen LogP contribution in [0.4, 0.5) is 11.5 Å². The van der Waals surface area contributed by atoms with Crippen LogP contribution < -0.4 is 4.90 Å². The summed E-state index contributed by atoms with van der Waals surface area (Å²) in [6.45, 7) is 21.2. The summed E-state index contributed by atoms with van der Waals surface area (Å²) in [6, 6.07) is 32.8. The van der Waals surface area contributed by atoms with Gasteiger partial charge in [-0.3, -0.25) is 4.90 Å². The van der Waals surface area contributed by atoms with Gasteiger partial charge in [0.2, 0.25) is 0 Å². The molecule has 6 rings (SSSR count). The first-order valence-corrected chi connectivity index (χ1v) is 15.8. The number of pyridine rings is 1. The van der Waals surface area contributed by atoms with Gasteiger partial charge in [-0.2, -0.15) is 0 Å². The molecule has 228 valence electrons. The van der Waals surface area contributed by atoms with Crippen LogP contribution in [-0.4, -0.2) is 11.7 Å². The number of allylic oxidation sites excluding steroid dienone is 6. The second-order valence-electron chi connectivity index (χ2n) is 12.6. The van der Waals surface area contributed by atoms with Crippen LogP contribution >= 0.6 is 0 Å². The molecule has 0 N–H and O–H groups in total. The number of hydrogen-bond donors (Lipinski definition) is 0.